The third-order valence-corrected chi connectivity index (χ3v) is 3.55. The van der Waals surface area contributed by atoms with E-state index in [1.165, 1.54) is 0 Å². The first-order chi connectivity index (χ1) is 9.22. The molecule has 1 saturated heterocycles. The van der Waals surface area contributed by atoms with Crippen molar-refractivity contribution in [3.63, 3.8) is 0 Å². The van der Waals surface area contributed by atoms with Crippen LogP contribution < -0.4 is 0 Å². The number of hydrogen-bond acceptors (Lipinski definition) is 4. The Balaban J connectivity index is 1.72. The number of para-hydroxylation sites is 2. The zero-order valence-corrected chi connectivity index (χ0v) is 10.6. The van der Waals surface area contributed by atoms with Gasteiger partial charge in [0, 0.05) is 6.54 Å². The minimum Gasteiger partial charge on any atom is -0.481 e. The molecule has 1 aliphatic rings. The van der Waals surface area contributed by atoms with Gasteiger partial charge in [-0.25, -0.2) is 4.98 Å². The van der Waals surface area contributed by atoms with Crippen LogP contribution in [-0.2, 0) is 11.3 Å². The molecule has 2 heterocycles. The van der Waals surface area contributed by atoms with Crippen LogP contribution in [0, 0.1) is 5.92 Å². The summed E-state index contributed by atoms with van der Waals surface area (Å²) < 4.78 is 5.67. The number of aromatic nitrogens is 1. The number of carboxylic acid groups (broad SMARTS) is 1. The van der Waals surface area contributed by atoms with Crippen LogP contribution in [0.5, 0.6) is 0 Å². The molecule has 1 aromatic carbocycles. The molecule has 2 aromatic rings. The normalized spacial score (nSPS) is 20.7. The Morgan fingerprint density at radius 1 is 1.47 bits per heavy atom. The second kappa shape index (κ2) is 5.01. The lowest BCUT2D eigenvalue weighted by atomic mass is 9.98. The maximum atomic E-state index is 11.0. The van der Waals surface area contributed by atoms with Crippen LogP contribution in [0.2, 0.25) is 0 Å². The van der Waals surface area contributed by atoms with Gasteiger partial charge in [0.25, 0.3) is 0 Å². The quantitative estimate of drug-likeness (QED) is 0.915. The Morgan fingerprint density at radius 3 is 3.11 bits per heavy atom. The number of fused-ring (bicyclic) bond motifs is 1. The number of nitrogens with zero attached hydrogens (tertiary/aromatic N) is 2. The second-order valence-electron chi connectivity index (χ2n) is 4.99. The third-order valence-electron chi connectivity index (χ3n) is 3.55. The Kier molecular flexibility index (Phi) is 3.21. The van der Waals surface area contributed by atoms with Crippen LogP contribution in [-0.4, -0.2) is 34.0 Å². The Labute approximate surface area is 110 Å². The monoisotopic (exact) mass is 260 g/mol. The van der Waals surface area contributed by atoms with E-state index in [9.17, 15) is 4.79 Å². The van der Waals surface area contributed by atoms with Gasteiger partial charge in [0.1, 0.15) is 5.52 Å². The fraction of sp³-hybridized carbons (Fsp3) is 0.429. The summed E-state index contributed by atoms with van der Waals surface area (Å²) in [4.78, 5) is 17.6. The van der Waals surface area contributed by atoms with Crippen molar-refractivity contribution in [2.75, 3.05) is 13.1 Å². The number of carbonyl (C=O) groups is 1. The summed E-state index contributed by atoms with van der Waals surface area (Å²) in [5.41, 5.74) is 1.63. The van der Waals surface area contributed by atoms with Gasteiger partial charge in [-0.05, 0) is 31.5 Å². The van der Waals surface area contributed by atoms with E-state index < -0.39 is 5.97 Å². The largest absolute Gasteiger partial charge is 0.481 e. The molecule has 1 N–H and O–H groups in total. The molecule has 0 bridgehead atoms. The lowest BCUT2D eigenvalue weighted by Gasteiger charge is -2.29. The predicted octanol–water partition coefficient (Wildman–Crippen LogP) is 2.12. The van der Waals surface area contributed by atoms with Crippen LogP contribution in [0.15, 0.2) is 28.7 Å². The molecule has 5 nitrogen and oxygen atoms in total. The van der Waals surface area contributed by atoms with Crippen molar-refractivity contribution in [2.24, 2.45) is 5.92 Å². The van der Waals surface area contributed by atoms with Crippen LogP contribution >= 0.6 is 0 Å². The molecule has 1 atom stereocenters. The van der Waals surface area contributed by atoms with E-state index in [1.807, 2.05) is 24.3 Å². The van der Waals surface area contributed by atoms with Crippen LogP contribution in [0.3, 0.4) is 0 Å². The van der Waals surface area contributed by atoms with E-state index >= 15 is 0 Å². The number of carboxylic acids is 1. The number of hydrogen-bond donors (Lipinski definition) is 1. The summed E-state index contributed by atoms with van der Waals surface area (Å²) in [6, 6.07) is 7.65. The molecule has 0 aliphatic carbocycles. The number of benzene rings is 1. The number of likely N-dealkylation sites (tertiary alicyclic amines) is 1. The Hall–Kier alpha value is -1.88. The lowest BCUT2D eigenvalue weighted by molar-refractivity contribution is -0.143. The molecule has 0 amide bonds. The SMILES string of the molecule is O=C(O)C1CCCN(Cc2nc3ccccc3o2)C1. The van der Waals surface area contributed by atoms with Gasteiger partial charge in [0.15, 0.2) is 5.58 Å². The van der Waals surface area contributed by atoms with Gasteiger partial charge in [-0.1, -0.05) is 12.1 Å². The summed E-state index contributed by atoms with van der Waals surface area (Å²) >= 11 is 0. The van der Waals surface area contributed by atoms with Crippen molar-refractivity contribution >= 4 is 17.1 Å². The highest BCUT2D eigenvalue weighted by atomic mass is 16.4. The summed E-state index contributed by atoms with van der Waals surface area (Å²) in [6.07, 6.45) is 1.68. The van der Waals surface area contributed by atoms with Crippen molar-refractivity contribution in [3.05, 3.63) is 30.2 Å². The molecular formula is C14H16N2O3. The first kappa shape index (κ1) is 12.2. The molecule has 0 saturated carbocycles. The van der Waals surface area contributed by atoms with Gasteiger partial charge in [0.05, 0.1) is 12.5 Å². The van der Waals surface area contributed by atoms with E-state index in [2.05, 4.69) is 9.88 Å². The summed E-state index contributed by atoms with van der Waals surface area (Å²) in [6.45, 7) is 2.06. The van der Waals surface area contributed by atoms with Gasteiger partial charge in [-0.2, -0.15) is 0 Å². The second-order valence-corrected chi connectivity index (χ2v) is 4.99. The first-order valence-electron chi connectivity index (χ1n) is 6.52. The predicted molar refractivity (Wildman–Crippen MR) is 69.6 cm³/mol. The van der Waals surface area contributed by atoms with E-state index in [0.29, 0.717) is 19.0 Å². The van der Waals surface area contributed by atoms with Gasteiger partial charge in [-0.3, -0.25) is 9.69 Å². The maximum Gasteiger partial charge on any atom is 0.307 e. The molecule has 1 aliphatic heterocycles. The smallest absolute Gasteiger partial charge is 0.307 e. The minimum absolute atomic E-state index is 0.266. The summed E-state index contributed by atoms with van der Waals surface area (Å²) in [7, 11) is 0. The highest BCUT2D eigenvalue weighted by Gasteiger charge is 2.26. The van der Waals surface area contributed by atoms with Crippen molar-refractivity contribution < 1.29 is 14.3 Å². The molecule has 3 rings (SSSR count). The molecule has 5 heteroatoms. The Bertz CT molecular complexity index is 560. The van der Waals surface area contributed by atoms with Crippen LogP contribution in [0.1, 0.15) is 18.7 Å². The van der Waals surface area contributed by atoms with Crippen molar-refractivity contribution in [1.29, 1.82) is 0 Å². The molecule has 1 unspecified atom stereocenters. The van der Waals surface area contributed by atoms with E-state index in [-0.39, 0.29) is 5.92 Å². The number of rotatable bonds is 3. The molecule has 19 heavy (non-hydrogen) atoms. The van der Waals surface area contributed by atoms with E-state index in [1.54, 1.807) is 0 Å². The summed E-state index contributed by atoms with van der Waals surface area (Å²) in [5, 5.41) is 9.07. The maximum absolute atomic E-state index is 11.0. The van der Waals surface area contributed by atoms with Gasteiger partial charge in [0.2, 0.25) is 5.89 Å². The van der Waals surface area contributed by atoms with Gasteiger partial charge >= 0.3 is 5.97 Å². The van der Waals surface area contributed by atoms with E-state index in [0.717, 1.165) is 30.5 Å². The zero-order chi connectivity index (χ0) is 13.2. The molecule has 1 fully saturated rings. The van der Waals surface area contributed by atoms with Gasteiger partial charge < -0.3 is 9.52 Å². The fourth-order valence-electron chi connectivity index (χ4n) is 2.58. The first-order valence-corrected chi connectivity index (χ1v) is 6.52. The third kappa shape index (κ3) is 2.61. The van der Waals surface area contributed by atoms with E-state index in [4.69, 9.17) is 9.52 Å². The lowest BCUT2D eigenvalue weighted by Crippen LogP contribution is -2.38. The van der Waals surface area contributed by atoms with Gasteiger partial charge in [-0.15, -0.1) is 0 Å². The topological polar surface area (TPSA) is 66.6 Å². The van der Waals surface area contributed by atoms with Crippen molar-refractivity contribution in [2.45, 2.75) is 19.4 Å². The Morgan fingerprint density at radius 2 is 2.32 bits per heavy atom. The number of piperidine rings is 1. The average Bonchev–Trinajstić information content (AvgIpc) is 2.81. The standard InChI is InChI=1S/C14H16N2O3/c17-14(18)10-4-3-7-16(8-10)9-13-15-11-5-1-2-6-12(11)19-13/h1-2,5-6,10H,3-4,7-9H2,(H,17,18). The molecular weight excluding hydrogens is 244 g/mol. The fourth-order valence-corrected chi connectivity index (χ4v) is 2.58. The highest BCUT2D eigenvalue weighted by Crippen LogP contribution is 2.20. The number of aliphatic carboxylic acids is 1. The molecule has 100 valence electrons. The number of oxazole rings is 1. The summed E-state index contributed by atoms with van der Waals surface area (Å²) in [5.74, 6) is -0.312. The molecule has 0 radical (unpaired) electrons. The van der Waals surface area contributed by atoms with Crippen molar-refractivity contribution in [3.8, 4) is 0 Å². The van der Waals surface area contributed by atoms with Crippen molar-refractivity contribution in [1.82, 2.24) is 9.88 Å². The van der Waals surface area contributed by atoms with Crippen LogP contribution in [0.25, 0.3) is 11.1 Å². The minimum atomic E-state index is -0.706. The zero-order valence-electron chi connectivity index (χ0n) is 10.6. The molecule has 0 spiro atoms. The highest BCUT2D eigenvalue weighted by molar-refractivity contribution is 5.72. The molecule has 1 aromatic heterocycles. The van der Waals surface area contributed by atoms with Crippen LogP contribution in [0.4, 0.5) is 0 Å². The average molecular weight is 260 g/mol.